The SMILES string of the molecule is COCC(O)COC1CC(C)(C)NC(C)(C)C1. The van der Waals surface area contributed by atoms with Gasteiger partial charge in [0.15, 0.2) is 0 Å². The third-order valence-electron chi connectivity index (χ3n) is 3.04. The largest absolute Gasteiger partial charge is 0.388 e. The van der Waals surface area contributed by atoms with E-state index in [-0.39, 0.29) is 17.2 Å². The van der Waals surface area contributed by atoms with E-state index in [1.54, 1.807) is 7.11 Å². The summed E-state index contributed by atoms with van der Waals surface area (Å²) in [5, 5.41) is 13.2. The number of nitrogens with one attached hydrogen (secondary N) is 1. The number of rotatable bonds is 5. The highest BCUT2D eigenvalue weighted by Gasteiger charge is 2.38. The molecule has 0 bridgehead atoms. The zero-order valence-corrected chi connectivity index (χ0v) is 11.7. The van der Waals surface area contributed by atoms with Crippen molar-refractivity contribution in [3.05, 3.63) is 0 Å². The summed E-state index contributed by atoms with van der Waals surface area (Å²) in [6, 6.07) is 0. The molecule has 0 amide bonds. The molecule has 0 saturated carbocycles. The minimum Gasteiger partial charge on any atom is -0.388 e. The molecular weight excluding hydrogens is 218 g/mol. The Hall–Kier alpha value is -0.160. The lowest BCUT2D eigenvalue weighted by Gasteiger charge is -2.46. The highest BCUT2D eigenvalue weighted by atomic mass is 16.5. The topological polar surface area (TPSA) is 50.7 Å². The second-order valence-electron chi connectivity index (χ2n) is 6.37. The van der Waals surface area contributed by atoms with E-state index in [0.717, 1.165) is 12.8 Å². The van der Waals surface area contributed by atoms with Crippen molar-refractivity contribution in [1.29, 1.82) is 0 Å². The van der Waals surface area contributed by atoms with Gasteiger partial charge < -0.3 is 19.9 Å². The first-order chi connectivity index (χ1) is 7.74. The van der Waals surface area contributed by atoms with Gasteiger partial charge in [-0.25, -0.2) is 0 Å². The van der Waals surface area contributed by atoms with Gasteiger partial charge in [-0.1, -0.05) is 0 Å². The summed E-state index contributed by atoms with van der Waals surface area (Å²) in [5.74, 6) is 0. The van der Waals surface area contributed by atoms with Gasteiger partial charge in [0.1, 0.15) is 6.10 Å². The van der Waals surface area contributed by atoms with Crippen LogP contribution in [0.5, 0.6) is 0 Å². The van der Waals surface area contributed by atoms with Crippen LogP contribution in [0.3, 0.4) is 0 Å². The van der Waals surface area contributed by atoms with Crippen LogP contribution in [0.25, 0.3) is 0 Å². The molecule has 1 rings (SSSR count). The van der Waals surface area contributed by atoms with Crippen LogP contribution in [0.4, 0.5) is 0 Å². The van der Waals surface area contributed by atoms with Gasteiger partial charge in [0.05, 0.1) is 19.3 Å². The fourth-order valence-electron chi connectivity index (χ4n) is 2.83. The third kappa shape index (κ3) is 5.34. The van der Waals surface area contributed by atoms with Crippen molar-refractivity contribution < 1.29 is 14.6 Å². The van der Waals surface area contributed by atoms with E-state index >= 15 is 0 Å². The van der Waals surface area contributed by atoms with E-state index in [1.165, 1.54) is 0 Å². The van der Waals surface area contributed by atoms with Crippen LogP contribution in [0.15, 0.2) is 0 Å². The molecule has 0 aliphatic carbocycles. The van der Waals surface area contributed by atoms with Gasteiger partial charge in [0.25, 0.3) is 0 Å². The predicted molar refractivity (Wildman–Crippen MR) is 68.2 cm³/mol. The molecule has 0 spiro atoms. The Morgan fingerprint density at radius 2 is 1.71 bits per heavy atom. The molecule has 0 aromatic heterocycles. The Morgan fingerprint density at radius 3 is 2.18 bits per heavy atom. The quantitative estimate of drug-likeness (QED) is 0.767. The maximum Gasteiger partial charge on any atom is 0.101 e. The Morgan fingerprint density at radius 1 is 1.18 bits per heavy atom. The van der Waals surface area contributed by atoms with Crippen molar-refractivity contribution in [1.82, 2.24) is 5.32 Å². The molecule has 1 aliphatic heterocycles. The van der Waals surface area contributed by atoms with Gasteiger partial charge >= 0.3 is 0 Å². The molecule has 1 unspecified atom stereocenters. The molecule has 1 fully saturated rings. The lowest BCUT2D eigenvalue weighted by molar-refractivity contribution is -0.0685. The van der Waals surface area contributed by atoms with Crippen molar-refractivity contribution >= 4 is 0 Å². The minimum atomic E-state index is -0.527. The monoisotopic (exact) mass is 245 g/mol. The van der Waals surface area contributed by atoms with Crippen LogP contribution < -0.4 is 5.32 Å². The van der Waals surface area contributed by atoms with Crippen molar-refractivity contribution in [2.75, 3.05) is 20.3 Å². The molecule has 2 N–H and O–H groups in total. The summed E-state index contributed by atoms with van der Waals surface area (Å²) in [5.41, 5.74) is 0.164. The lowest BCUT2D eigenvalue weighted by atomic mass is 9.81. The normalized spacial score (nSPS) is 25.8. The van der Waals surface area contributed by atoms with Crippen LogP contribution in [0.1, 0.15) is 40.5 Å². The van der Waals surface area contributed by atoms with Crippen molar-refractivity contribution in [3.63, 3.8) is 0 Å². The molecule has 4 nitrogen and oxygen atoms in total. The Labute approximate surface area is 105 Å². The standard InChI is InChI=1S/C13H27NO3/c1-12(2)6-11(7-13(3,4)14-12)17-9-10(15)8-16-5/h10-11,14-15H,6-9H2,1-5H3. The average molecular weight is 245 g/mol. The summed E-state index contributed by atoms with van der Waals surface area (Å²) in [6.07, 6.45) is 1.61. The number of methoxy groups -OCH3 is 1. The predicted octanol–water partition coefficient (Wildman–Crippen LogP) is 1.32. The number of piperidine rings is 1. The van der Waals surface area contributed by atoms with Crippen molar-refractivity contribution in [2.45, 2.75) is 63.8 Å². The molecule has 1 saturated heterocycles. The van der Waals surface area contributed by atoms with Gasteiger partial charge in [-0.2, -0.15) is 0 Å². The van der Waals surface area contributed by atoms with E-state index in [2.05, 4.69) is 33.0 Å². The van der Waals surface area contributed by atoms with Crippen molar-refractivity contribution in [3.8, 4) is 0 Å². The first kappa shape index (κ1) is 14.9. The smallest absolute Gasteiger partial charge is 0.101 e. The summed E-state index contributed by atoms with van der Waals surface area (Å²) < 4.78 is 10.7. The molecule has 0 radical (unpaired) electrons. The summed E-state index contributed by atoms with van der Waals surface area (Å²) in [7, 11) is 1.58. The summed E-state index contributed by atoms with van der Waals surface area (Å²) in [6.45, 7) is 9.44. The first-order valence-electron chi connectivity index (χ1n) is 6.32. The fourth-order valence-corrected chi connectivity index (χ4v) is 2.83. The van der Waals surface area contributed by atoms with Gasteiger partial charge in [0.2, 0.25) is 0 Å². The van der Waals surface area contributed by atoms with Crippen LogP contribution in [-0.4, -0.2) is 48.7 Å². The van der Waals surface area contributed by atoms with E-state index in [1.807, 2.05) is 0 Å². The Bertz CT molecular complexity index is 225. The third-order valence-corrected chi connectivity index (χ3v) is 3.04. The number of aliphatic hydroxyl groups excluding tert-OH is 1. The van der Waals surface area contributed by atoms with Gasteiger partial charge in [-0.15, -0.1) is 0 Å². The van der Waals surface area contributed by atoms with Crippen molar-refractivity contribution in [2.24, 2.45) is 0 Å². The molecule has 0 aromatic carbocycles. The van der Waals surface area contributed by atoms with Crippen LogP contribution >= 0.6 is 0 Å². The van der Waals surface area contributed by atoms with Crippen LogP contribution in [-0.2, 0) is 9.47 Å². The Kier molecular flexibility index (Phi) is 4.95. The maximum absolute atomic E-state index is 9.57. The minimum absolute atomic E-state index is 0.0820. The highest BCUT2D eigenvalue weighted by molar-refractivity contribution is 4.97. The van der Waals surface area contributed by atoms with Crippen LogP contribution in [0, 0.1) is 0 Å². The molecule has 17 heavy (non-hydrogen) atoms. The molecule has 102 valence electrons. The zero-order chi connectivity index (χ0) is 13.1. The molecule has 1 heterocycles. The second kappa shape index (κ2) is 5.65. The molecular formula is C13H27NO3. The van der Waals surface area contributed by atoms with E-state index in [0.29, 0.717) is 13.2 Å². The second-order valence-corrected chi connectivity index (χ2v) is 6.37. The number of hydrogen-bond acceptors (Lipinski definition) is 4. The molecule has 1 atom stereocenters. The number of hydrogen-bond donors (Lipinski definition) is 2. The fraction of sp³-hybridized carbons (Fsp3) is 1.00. The van der Waals surface area contributed by atoms with Gasteiger partial charge in [-0.05, 0) is 40.5 Å². The first-order valence-corrected chi connectivity index (χ1v) is 6.32. The number of ether oxygens (including phenoxy) is 2. The van der Waals surface area contributed by atoms with E-state index in [9.17, 15) is 5.11 Å². The molecule has 1 aliphatic rings. The van der Waals surface area contributed by atoms with Gasteiger partial charge in [0, 0.05) is 18.2 Å². The summed E-state index contributed by atoms with van der Waals surface area (Å²) >= 11 is 0. The van der Waals surface area contributed by atoms with E-state index in [4.69, 9.17) is 9.47 Å². The maximum atomic E-state index is 9.57. The average Bonchev–Trinajstić information content (AvgIpc) is 2.10. The lowest BCUT2D eigenvalue weighted by Crippen LogP contribution is -2.59. The zero-order valence-electron chi connectivity index (χ0n) is 11.7. The molecule has 0 aromatic rings. The van der Waals surface area contributed by atoms with E-state index < -0.39 is 6.10 Å². The summed E-state index contributed by atoms with van der Waals surface area (Å²) in [4.78, 5) is 0. The molecule has 4 heteroatoms. The Balaban J connectivity index is 2.43. The van der Waals surface area contributed by atoms with Gasteiger partial charge in [-0.3, -0.25) is 0 Å². The number of aliphatic hydroxyl groups is 1. The van der Waals surface area contributed by atoms with Crippen LogP contribution in [0.2, 0.25) is 0 Å². The highest BCUT2D eigenvalue weighted by Crippen LogP contribution is 2.30.